The van der Waals surface area contributed by atoms with E-state index < -0.39 is 0 Å². The van der Waals surface area contributed by atoms with Crippen LogP contribution < -0.4 is 10.1 Å². The molecular weight excluding hydrogens is 284 g/mol. The fourth-order valence-corrected chi connectivity index (χ4v) is 1.94. The van der Waals surface area contributed by atoms with Crippen molar-refractivity contribution in [2.24, 2.45) is 0 Å². The smallest absolute Gasteiger partial charge is 0.252 e. The van der Waals surface area contributed by atoms with Gasteiger partial charge >= 0.3 is 0 Å². The van der Waals surface area contributed by atoms with Gasteiger partial charge in [-0.25, -0.2) is 0 Å². The van der Waals surface area contributed by atoms with Crippen molar-refractivity contribution in [2.75, 3.05) is 34.3 Å². The third kappa shape index (κ3) is 4.02. The van der Waals surface area contributed by atoms with Crippen molar-refractivity contribution in [1.29, 1.82) is 0 Å². The summed E-state index contributed by atoms with van der Waals surface area (Å²) in [5, 5.41) is 2.86. The van der Waals surface area contributed by atoms with Gasteiger partial charge in [0.25, 0.3) is 5.91 Å². The lowest BCUT2D eigenvalue weighted by molar-refractivity contribution is 0.0950. The largest absolute Gasteiger partial charge is 0.496 e. The summed E-state index contributed by atoms with van der Waals surface area (Å²) in [5.41, 5.74) is 0.586. The van der Waals surface area contributed by atoms with Gasteiger partial charge in [-0.05, 0) is 42.2 Å². The molecule has 0 aliphatic carbocycles. The van der Waals surface area contributed by atoms with Crippen LogP contribution in [-0.4, -0.2) is 45.1 Å². The lowest BCUT2D eigenvalue weighted by atomic mass is 10.2. The molecule has 0 atom stereocenters. The maximum Gasteiger partial charge on any atom is 0.252 e. The van der Waals surface area contributed by atoms with Crippen LogP contribution in [0.2, 0.25) is 0 Å². The highest BCUT2D eigenvalue weighted by Gasteiger charge is 2.12. The second-order valence-electron chi connectivity index (χ2n) is 3.88. The normalized spacial score (nSPS) is 10.4. The Balaban J connectivity index is 2.69. The molecule has 0 spiro atoms. The average molecular weight is 301 g/mol. The molecule has 1 amide bonds. The lowest BCUT2D eigenvalue weighted by Crippen LogP contribution is -2.31. The molecule has 1 N–H and O–H groups in total. The van der Waals surface area contributed by atoms with Crippen LogP contribution in [0.4, 0.5) is 0 Å². The van der Waals surface area contributed by atoms with E-state index in [1.54, 1.807) is 25.3 Å². The number of amides is 1. The molecular formula is C12H17BrN2O2. The lowest BCUT2D eigenvalue weighted by Gasteiger charge is -2.12. The third-order valence-corrected chi connectivity index (χ3v) is 3.09. The molecule has 0 saturated carbocycles. The van der Waals surface area contributed by atoms with E-state index in [0.717, 1.165) is 6.54 Å². The van der Waals surface area contributed by atoms with Gasteiger partial charge < -0.3 is 15.0 Å². The number of carbonyl (C=O) groups is 1. The zero-order valence-electron chi connectivity index (χ0n) is 10.3. The molecule has 0 unspecified atom stereocenters. The molecule has 0 bridgehead atoms. The highest BCUT2D eigenvalue weighted by atomic mass is 79.9. The fraction of sp³-hybridized carbons (Fsp3) is 0.417. The van der Waals surface area contributed by atoms with Crippen molar-refractivity contribution in [3.63, 3.8) is 0 Å². The average Bonchev–Trinajstić information content (AvgIpc) is 2.28. The van der Waals surface area contributed by atoms with Gasteiger partial charge in [0.15, 0.2) is 0 Å². The van der Waals surface area contributed by atoms with Gasteiger partial charge in [0.2, 0.25) is 0 Å². The molecule has 4 nitrogen and oxygen atoms in total. The summed E-state index contributed by atoms with van der Waals surface area (Å²) >= 11 is 3.37. The van der Waals surface area contributed by atoms with Gasteiger partial charge in [0, 0.05) is 13.1 Å². The summed E-state index contributed by atoms with van der Waals surface area (Å²) < 4.78 is 5.83. The van der Waals surface area contributed by atoms with Crippen LogP contribution in [-0.2, 0) is 0 Å². The van der Waals surface area contributed by atoms with Crippen LogP contribution in [0.25, 0.3) is 0 Å². The van der Waals surface area contributed by atoms with E-state index >= 15 is 0 Å². The van der Waals surface area contributed by atoms with Gasteiger partial charge in [-0.2, -0.15) is 0 Å². The van der Waals surface area contributed by atoms with E-state index in [9.17, 15) is 4.79 Å². The quantitative estimate of drug-likeness (QED) is 0.901. The van der Waals surface area contributed by atoms with Gasteiger partial charge in [-0.3, -0.25) is 4.79 Å². The molecule has 0 saturated heterocycles. The van der Waals surface area contributed by atoms with Crippen molar-refractivity contribution in [3.8, 4) is 5.75 Å². The molecule has 0 fully saturated rings. The standard InChI is InChI=1S/C12H17BrN2O2/c1-15(2)8-7-14-12(16)9-5-4-6-10(17-3)11(9)13/h4-6H,7-8H2,1-3H3,(H,14,16). The van der Waals surface area contributed by atoms with Crippen LogP contribution in [0.1, 0.15) is 10.4 Å². The van der Waals surface area contributed by atoms with Crippen molar-refractivity contribution in [2.45, 2.75) is 0 Å². The Bertz CT molecular complexity index is 394. The minimum Gasteiger partial charge on any atom is -0.496 e. The number of rotatable bonds is 5. The molecule has 1 rings (SSSR count). The van der Waals surface area contributed by atoms with Gasteiger partial charge in [-0.15, -0.1) is 0 Å². The van der Waals surface area contributed by atoms with E-state index in [1.807, 2.05) is 19.0 Å². The van der Waals surface area contributed by atoms with Crippen LogP contribution in [0.5, 0.6) is 5.75 Å². The molecule has 0 aliphatic heterocycles. The molecule has 0 radical (unpaired) electrons. The number of methoxy groups -OCH3 is 1. The third-order valence-electron chi connectivity index (χ3n) is 2.27. The van der Waals surface area contributed by atoms with Gasteiger partial charge in [0.05, 0.1) is 17.1 Å². The van der Waals surface area contributed by atoms with Crippen LogP contribution >= 0.6 is 15.9 Å². The van der Waals surface area contributed by atoms with Gasteiger partial charge in [0.1, 0.15) is 5.75 Å². The van der Waals surface area contributed by atoms with Crippen molar-refractivity contribution in [3.05, 3.63) is 28.2 Å². The number of nitrogens with zero attached hydrogens (tertiary/aromatic N) is 1. The molecule has 0 aromatic heterocycles. The predicted octanol–water partition coefficient (Wildman–Crippen LogP) is 1.75. The number of halogens is 1. The first-order valence-electron chi connectivity index (χ1n) is 5.31. The minimum absolute atomic E-state index is 0.0994. The number of ether oxygens (including phenoxy) is 1. The maximum atomic E-state index is 11.9. The predicted molar refractivity (Wildman–Crippen MR) is 71.6 cm³/mol. The molecule has 1 aromatic rings. The summed E-state index contributed by atoms with van der Waals surface area (Å²) in [5.74, 6) is 0.558. The monoisotopic (exact) mass is 300 g/mol. The van der Waals surface area contributed by atoms with Crippen LogP contribution in [0, 0.1) is 0 Å². The molecule has 1 aromatic carbocycles. The maximum absolute atomic E-state index is 11.9. The number of benzene rings is 1. The van der Waals surface area contributed by atoms with Crippen molar-refractivity contribution < 1.29 is 9.53 Å². The number of nitrogens with one attached hydrogen (secondary N) is 1. The molecule has 0 heterocycles. The highest BCUT2D eigenvalue weighted by Crippen LogP contribution is 2.28. The van der Waals surface area contributed by atoms with E-state index in [-0.39, 0.29) is 5.91 Å². The first-order chi connectivity index (χ1) is 8.06. The van der Waals surface area contributed by atoms with E-state index in [1.165, 1.54) is 0 Å². The van der Waals surface area contributed by atoms with Crippen molar-refractivity contribution >= 4 is 21.8 Å². The van der Waals surface area contributed by atoms with E-state index in [0.29, 0.717) is 22.3 Å². The Morgan fingerprint density at radius 3 is 2.76 bits per heavy atom. The summed E-state index contributed by atoms with van der Waals surface area (Å²) in [4.78, 5) is 13.9. The number of hydrogen-bond acceptors (Lipinski definition) is 3. The summed E-state index contributed by atoms with van der Waals surface area (Å²) in [6.07, 6.45) is 0. The molecule has 0 aliphatic rings. The zero-order valence-corrected chi connectivity index (χ0v) is 11.9. The fourth-order valence-electron chi connectivity index (χ4n) is 1.33. The van der Waals surface area contributed by atoms with Gasteiger partial charge in [-0.1, -0.05) is 6.07 Å². The first kappa shape index (κ1) is 14.0. The molecule has 94 valence electrons. The highest BCUT2D eigenvalue weighted by molar-refractivity contribution is 9.10. The summed E-state index contributed by atoms with van der Waals surface area (Å²) in [7, 11) is 5.51. The van der Waals surface area contributed by atoms with E-state index in [2.05, 4.69) is 21.2 Å². The minimum atomic E-state index is -0.0994. The Kier molecular flexibility index (Phi) is 5.44. The Morgan fingerprint density at radius 1 is 1.47 bits per heavy atom. The SMILES string of the molecule is COc1cccc(C(=O)NCCN(C)C)c1Br. The first-order valence-corrected chi connectivity index (χ1v) is 6.11. The topological polar surface area (TPSA) is 41.6 Å². The van der Waals surface area contributed by atoms with Crippen molar-refractivity contribution in [1.82, 2.24) is 10.2 Å². The van der Waals surface area contributed by atoms with Crippen LogP contribution in [0.15, 0.2) is 22.7 Å². The molecule has 17 heavy (non-hydrogen) atoms. The Hall–Kier alpha value is -1.07. The number of likely N-dealkylation sites (N-methyl/N-ethyl adjacent to an activating group) is 1. The number of hydrogen-bond donors (Lipinski definition) is 1. The Labute approximate surface area is 110 Å². The second-order valence-corrected chi connectivity index (χ2v) is 4.67. The van der Waals surface area contributed by atoms with E-state index in [4.69, 9.17) is 4.74 Å². The molecule has 5 heteroatoms. The zero-order chi connectivity index (χ0) is 12.8. The number of carbonyl (C=O) groups excluding carboxylic acids is 1. The van der Waals surface area contributed by atoms with Crippen LogP contribution in [0.3, 0.4) is 0 Å². The Morgan fingerprint density at radius 2 is 2.18 bits per heavy atom. The summed E-state index contributed by atoms with van der Waals surface area (Å²) in [6.45, 7) is 1.43. The summed E-state index contributed by atoms with van der Waals surface area (Å²) in [6, 6.07) is 5.36. The second kappa shape index (κ2) is 6.61.